The molecule has 1 N–H and O–H groups in total. The van der Waals surface area contributed by atoms with Gasteiger partial charge in [0.1, 0.15) is 0 Å². The Bertz CT molecular complexity index is 274. The predicted molar refractivity (Wildman–Crippen MR) is 67.6 cm³/mol. The number of nitrogens with zero attached hydrogens (tertiary/aromatic N) is 1. The van der Waals surface area contributed by atoms with Crippen molar-refractivity contribution in [2.24, 2.45) is 0 Å². The lowest BCUT2D eigenvalue weighted by Gasteiger charge is -2.16. The fraction of sp³-hybridized carbons (Fsp3) is 0.615. The highest BCUT2D eigenvalue weighted by Crippen LogP contribution is 2.00. The molecule has 0 aliphatic carbocycles. The fourth-order valence-electron chi connectivity index (χ4n) is 1.53. The maximum absolute atomic E-state index is 5.46. The molecule has 0 unspecified atom stereocenters. The highest BCUT2D eigenvalue weighted by molar-refractivity contribution is 5.02. The summed E-state index contributed by atoms with van der Waals surface area (Å²) in [7, 11) is 0. The molecular formula is C13H22N2O2. The lowest BCUT2D eigenvalue weighted by Crippen LogP contribution is -2.24. The minimum Gasteiger partial charge on any atom is -0.353 e. The van der Waals surface area contributed by atoms with Crippen LogP contribution in [-0.4, -0.2) is 31.0 Å². The molecule has 0 fully saturated rings. The molecule has 0 saturated carbocycles. The fourth-order valence-corrected chi connectivity index (χ4v) is 1.53. The topological polar surface area (TPSA) is 43.4 Å². The van der Waals surface area contributed by atoms with Gasteiger partial charge < -0.3 is 14.8 Å². The van der Waals surface area contributed by atoms with E-state index in [0.29, 0.717) is 13.2 Å². The van der Waals surface area contributed by atoms with Crippen LogP contribution in [0.15, 0.2) is 24.4 Å². The molecule has 0 aromatic carbocycles. The summed E-state index contributed by atoms with van der Waals surface area (Å²) in [5.41, 5.74) is 1.05. The third-order valence-electron chi connectivity index (χ3n) is 2.29. The minimum atomic E-state index is -0.0961. The van der Waals surface area contributed by atoms with Crippen LogP contribution >= 0.6 is 0 Å². The van der Waals surface area contributed by atoms with E-state index < -0.39 is 0 Å². The Morgan fingerprint density at radius 1 is 1.24 bits per heavy atom. The Balaban J connectivity index is 2.13. The second-order valence-corrected chi connectivity index (χ2v) is 3.63. The Kier molecular flexibility index (Phi) is 7.54. The van der Waals surface area contributed by atoms with Gasteiger partial charge in [0, 0.05) is 38.9 Å². The zero-order valence-corrected chi connectivity index (χ0v) is 10.7. The molecule has 1 heterocycles. The van der Waals surface area contributed by atoms with E-state index in [0.717, 1.165) is 25.2 Å². The summed E-state index contributed by atoms with van der Waals surface area (Å²) in [6, 6.07) is 5.92. The Labute approximate surface area is 103 Å². The average molecular weight is 238 g/mol. The largest absolute Gasteiger partial charge is 0.353 e. The lowest BCUT2D eigenvalue weighted by atomic mass is 10.3. The van der Waals surface area contributed by atoms with Gasteiger partial charge in [-0.3, -0.25) is 4.98 Å². The van der Waals surface area contributed by atoms with E-state index in [1.54, 1.807) is 6.20 Å². The molecule has 0 atom stereocenters. The van der Waals surface area contributed by atoms with Gasteiger partial charge in [-0.2, -0.15) is 0 Å². The summed E-state index contributed by atoms with van der Waals surface area (Å²) in [4.78, 5) is 4.24. The second-order valence-electron chi connectivity index (χ2n) is 3.63. The van der Waals surface area contributed by atoms with Crippen LogP contribution in [0, 0.1) is 0 Å². The van der Waals surface area contributed by atoms with Crippen molar-refractivity contribution in [1.82, 2.24) is 10.3 Å². The van der Waals surface area contributed by atoms with E-state index in [4.69, 9.17) is 9.47 Å². The van der Waals surface area contributed by atoms with Crippen molar-refractivity contribution in [1.29, 1.82) is 0 Å². The van der Waals surface area contributed by atoms with Crippen molar-refractivity contribution >= 4 is 0 Å². The van der Waals surface area contributed by atoms with Crippen molar-refractivity contribution in [2.45, 2.75) is 33.1 Å². The molecular weight excluding hydrogens is 216 g/mol. The lowest BCUT2D eigenvalue weighted by molar-refractivity contribution is -0.138. The summed E-state index contributed by atoms with van der Waals surface area (Å²) in [5, 5.41) is 3.33. The van der Waals surface area contributed by atoms with Gasteiger partial charge in [0.25, 0.3) is 0 Å². The summed E-state index contributed by atoms with van der Waals surface area (Å²) in [6.45, 7) is 6.98. The third kappa shape index (κ3) is 6.36. The maximum Gasteiger partial charge on any atom is 0.158 e. The molecule has 0 bridgehead atoms. The van der Waals surface area contributed by atoms with Crippen molar-refractivity contribution in [3.8, 4) is 0 Å². The van der Waals surface area contributed by atoms with E-state index in [9.17, 15) is 0 Å². The first kappa shape index (κ1) is 14.1. The highest BCUT2D eigenvalue weighted by Gasteiger charge is 2.06. The number of hydrogen-bond acceptors (Lipinski definition) is 4. The molecule has 1 aromatic heterocycles. The van der Waals surface area contributed by atoms with E-state index >= 15 is 0 Å². The van der Waals surface area contributed by atoms with Gasteiger partial charge in [0.15, 0.2) is 6.29 Å². The quantitative estimate of drug-likeness (QED) is 0.527. The standard InChI is InChI=1S/C13H22N2O2/c1-3-16-13(17-4-2)8-10-14-11-12-7-5-6-9-15-12/h5-7,9,13-14H,3-4,8,10-11H2,1-2H3. The SMILES string of the molecule is CCOC(CCNCc1ccccn1)OCC. The van der Waals surface area contributed by atoms with E-state index in [1.807, 2.05) is 32.0 Å². The summed E-state index contributed by atoms with van der Waals surface area (Å²) < 4.78 is 10.9. The Morgan fingerprint density at radius 2 is 2.00 bits per heavy atom. The molecule has 1 aromatic rings. The number of hydrogen-bond donors (Lipinski definition) is 1. The molecule has 4 nitrogen and oxygen atoms in total. The summed E-state index contributed by atoms with van der Waals surface area (Å²) in [6.07, 6.45) is 2.57. The van der Waals surface area contributed by atoms with Gasteiger partial charge in [-0.15, -0.1) is 0 Å². The normalized spacial score (nSPS) is 11.0. The van der Waals surface area contributed by atoms with Crippen LogP contribution in [0.3, 0.4) is 0 Å². The predicted octanol–water partition coefficient (Wildman–Crippen LogP) is 1.96. The first-order valence-corrected chi connectivity index (χ1v) is 6.20. The van der Waals surface area contributed by atoms with Crippen LogP contribution in [0.2, 0.25) is 0 Å². The minimum absolute atomic E-state index is 0.0961. The van der Waals surface area contributed by atoms with Gasteiger partial charge in [-0.1, -0.05) is 6.07 Å². The van der Waals surface area contributed by atoms with Crippen LogP contribution in [0.1, 0.15) is 26.0 Å². The molecule has 0 aliphatic rings. The van der Waals surface area contributed by atoms with Gasteiger partial charge in [-0.25, -0.2) is 0 Å². The zero-order chi connectivity index (χ0) is 12.3. The van der Waals surface area contributed by atoms with Gasteiger partial charge in [0.2, 0.25) is 0 Å². The van der Waals surface area contributed by atoms with Gasteiger partial charge in [0.05, 0.1) is 5.69 Å². The summed E-state index contributed by atoms with van der Waals surface area (Å²) >= 11 is 0. The number of ether oxygens (including phenoxy) is 2. The average Bonchev–Trinajstić information content (AvgIpc) is 2.36. The van der Waals surface area contributed by atoms with E-state index in [1.165, 1.54) is 0 Å². The molecule has 0 spiro atoms. The van der Waals surface area contributed by atoms with Gasteiger partial charge >= 0.3 is 0 Å². The highest BCUT2D eigenvalue weighted by atomic mass is 16.7. The Morgan fingerprint density at radius 3 is 2.59 bits per heavy atom. The van der Waals surface area contributed by atoms with Crippen LogP contribution in [0.4, 0.5) is 0 Å². The Hall–Kier alpha value is -0.970. The first-order valence-electron chi connectivity index (χ1n) is 6.20. The number of aromatic nitrogens is 1. The molecule has 96 valence electrons. The smallest absolute Gasteiger partial charge is 0.158 e. The maximum atomic E-state index is 5.46. The van der Waals surface area contributed by atoms with E-state index in [2.05, 4.69) is 10.3 Å². The first-order chi connectivity index (χ1) is 8.36. The number of nitrogens with one attached hydrogen (secondary N) is 1. The number of rotatable bonds is 9. The molecule has 17 heavy (non-hydrogen) atoms. The zero-order valence-electron chi connectivity index (χ0n) is 10.7. The second kappa shape index (κ2) is 9.10. The molecule has 0 aliphatic heterocycles. The number of pyridine rings is 1. The van der Waals surface area contributed by atoms with Crippen LogP contribution in [0.25, 0.3) is 0 Å². The molecule has 4 heteroatoms. The molecule has 0 amide bonds. The van der Waals surface area contributed by atoms with Crippen LogP contribution < -0.4 is 5.32 Å². The molecule has 1 rings (SSSR count). The van der Waals surface area contributed by atoms with E-state index in [-0.39, 0.29) is 6.29 Å². The van der Waals surface area contributed by atoms with Crippen LogP contribution in [0.5, 0.6) is 0 Å². The monoisotopic (exact) mass is 238 g/mol. The van der Waals surface area contributed by atoms with Crippen molar-refractivity contribution in [3.05, 3.63) is 30.1 Å². The summed E-state index contributed by atoms with van der Waals surface area (Å²) in [5.74, 6) is 0. The van der Waals surface area contributed by atoms with Crippen molar-refractivity contribution in [2.75, 3.05) is 19.8 Å². The molecule has 0 saturated heterocycles. The van der Waals surface area contributed by atoms with Gasteiger partial charge in [-0.05, 0) is 26.0 Å². The van der Waals surface area contributed by atoms with Crippen molar-refractivity contribution in [3.63, 3.8) is 0 Å². The molecule has 0 radical (unpaired) electrons. The van der Waals surface area contributed by atoms with Crippen LogP contribution in [-0.2, 0) is 16.0 Å². The third-order valence-corrected chi connectivity index (χ3v) is 2.29. The van der Waals surface area contributed by atoms with Crippen molar-refractivity contribution < 1.29 is 9.47 Å².